The number of hydrogen-bond donors (Lipinski definition) is 1. The Bertz CT molecular complexity index is 374. The van der Waals surface area contributed by atoms with Crippen molar-refractivity contribution in [2.45, 2.75) is 6.42 Å². The molecule has 0 bridgehead atoms. The van der Waals surface area contributed by atoms with Gasteiger partial charge in [-0.15, -0.1) is 6.58 Å². The number of benzene rings is 1. The maximum absolute atomic E-state index is 10.9. The number of hydrogen-bond acceptors (Lipinski definition) is 3. The Hall–Kier alpha value is -1.48. The van der Waals surface area contributed by atoms with Crippen LogP contribution in [0.15, 0.2) is 30.9 Å². The van der Waals surface area contributed by atoms with Crippen LogP contribution in [-0.4, -0.2) is 17.0 Å². The fraction of sp³-hybridized carbons (Fsp3) is 0.182. The molecule has 1 aromatic carbocycles. The average Bonchev–Trinajstić information content (AvgIpc) is 2.17. The SMILES string of the molecule is C=CCCOc1cc(O)cc(C(=O)Cl)c1. The third-order valence-electron chi connectivity index (χ3n) is 1.71. The van der Waals surface area contributed by atoms with Crippen molar-refractivity contribution in [3.63, 3.8) is 0 Å². The number of carbonyl (C=O) groups excluding carboxylic acids is 1. The van der Waals surface area contributed by atoms with Crippen molar-refractivity contribution < 1.29 is 14.6 Å². The second kappa shape index (κ2) is 5.41. The molecule has 1 N–H and O–H groups in total. The van der Waals surface area contributed by atoms with Crippen LogP contribution in [0.1, 0.15) is 16.8 Å². The van der Waals surface area contributed by atoms with Gasteiger partial charge in [-0.05, 0) is 30.2 Å². The molecular weight excluding hydrogens is 216 g/mol. The number of rotatable bonds is 5. The predicted octanol–water partition coefficient (Wildman–Crippen LogP) is 2.73. The fourth-order valence-corrected chi connectivity index (χ4v) is 1.15. The van der Waals surface area contributed by atoms with E-state index in [-0.39, 0.29) is 11.3 Å². The minimum absolute atomic E-state index is 0.0462. The second-order valence-corrected chi connectivity index (χ2v) is 3.26. The van der Waals surface area contributed by atoms with Gasteiger partial charge in [0.15, 0.2) is 0 Å². The van der Waals surface area contributed by atoms with E-state index in [9.17, 15) is 9.90 Å². The first-order valence-electron chi connectivity index (χ1n) is 4.41. The lowest BCUT2D eigenvalue weighted by molar-refractivity contribution is 0.108. The third kappa shape index (κ3) is 3.64. The van der Waals surface area contributed by atoms with E-state index in [1.54, 1.807) is 6.08 Å². The topological polar surface area (TPSA) is 46.5 Å². The summed E-state index contributed by atoms with van der Waals surface area (Å²) in [5.41, 5.74) is 0.213. The van der Waals surface area contributed by atoms with Gasteiger partial charge in [0, 0.05) is 11.6 Å². The molecule has 0 heterocycles. The van der Waals surface area contributed by atoms with Crippen LogP contribution in [0.5, 0.6) is 11.5 Å². The van der Waals surface area contributed by atoms with E-state index in [1.807, 2.05) is 0 Å². The van der Waals surface area contributed by atoms with Crippen LogP contribution in [0.3, 0.4) is 0 Å². The Balaban J connectivity index is 2.79. The fourth-order valence-electron chi connectivity index (χ4n) is 1.04. The summed E-state index contributed by atoms with van der Waals surface area (Å²) in [6.07, 6.45) is 2.41. The minimum Gasteiger partial charge on any atom is -0.508 e. The van der Waals surface area contributed by atoms with Crippen LogP contribution in [0.4, 0.5) is 0 Å². The van der Waals surface area contributed by atoms with E-state index in [1.165, 1.54) is 18.2 Å². The van der Waals surface area contributed by atoms with E-state index < -0.39 is 5.24 Å². The van der Waals surface area contributed by atoms with Crippen LogP contribution >= 0.6 is 11.6 Å². The van der Waals surface area contributed by atoms with Gasteiger partial charge in [0.2, 0.25) is 0 Å². The molecule has 0 atom stereocenters. The van der Waals surface area contributed by atoms with Gasteiger partial charge in [-0.1, -0.05) is 6.08 Å². The Labute approximate surface area is 92.9 Å². The van der Waals surface area contributed by atoms with Crippen molar-refractivity contribution in [3.05, 3.63) is 36.4 Å². The smallest absolute Gasteiger partial charge is 0.252 e. The van der Waals surface area contributed by atoms with E-state index >= 15 is 0 Å². The molecule has 4 heteroatoms. The first-order chi connectivity index (χ1) is 7.13. The van der Waals surface area contributed by atoms with Crippen LogP contribution in [0.2, 0.25) is 0 Å². The molecule has 0 saturated carbocycles. The molecule has 0 aliphatic heterocycles. The number of aromatic hydroxyl groups is 1. The van der Waals surface area contributed by atoms with Gasteiger partial charge in [-0.3, -0.25) is 4.79 Å². The van der Waals surface area contributed by atoms with Gasteiger partial charge in [0.05, 0.1) is 6.61 Å². The zero-order valence-electron chi connectivity index (χ0n) is 8.07. The van der Waals surface area contributed by atoms with Gasteiger partial charge in [0.1, 0.15) is 11.5 Å². The molecule has 0 spiro atoms. The molecule has 1 rings (SSSR count). The largest absolute Gasteiger partial charge is 0.508 e. The monoisotopic (exact) mass is 226 g/mol. The number of phenols is 1. The summed E-state index contributed by atoms with van der Waals surface area (Å²) in [5.74, 6) is 0.371. The zero-order chi connectivity index (χ0) is 11.3. The predicted molar refractivity (Wildman–Crippen MR) is 58.6 cm³/mol. The maximum Gasteiger partial charge on any atom is 0.252 e. The standard InChI is InChI=1S/C11H11ClO3/c1-2-3-4-15-10-6-8(11(12)14)5-9(13)7-10/h2,5-7,13H,1,3-4H2. The summed E-state index contributed by atoms with van der Waals surface area (Å²) in [6, 6.07) is 4.19. The van der Waals surface area contributed by atoms with Crippen molar-refractivity contribution in [2.24, 2.45) is 0 Å². The Morgan fingerprint density at radius 3 is 2.87 bits per heavy atom. The van der Waals surface area contributed by atoms with Gasteiger partial charge >= 0.3 is 0 Å². The molecule has 0 fully saturated rings. The Morgan fingerprint density at radius 1 is 1.53 bits per heavy atom. The summed E-state index contributed by atoms with van der Waals surface area (Å²) in [4.78, 5) is 10.9. The number of halogens is 1. The molecule has 0 radical (unpaired) electrons. The quantitative estimate of drug-likeness (QED) is 0.477. The molecular formula is C11H11ClO3. The molecule has 0 aromatic heterocycles. The van der Waals surface area contributed by atoms with Crippen molar-refractivity contribution >= 4 is 16.8 Å². The number of carbonyl (C=O) groups is 1. The minimum atomic E-state index is -0.625. The lowest BCUT2D eigenvalue weighted by Crippen LogP contribution is -1.97. The van der Waals surface area contributed by atoms with Crippen LogP contribution < -0.4 is 4.74 Å². The second-order valence-electron chi connectivity index (χ2n) is 2.92. The van der Waals surface area contributed by atoms with Crippen molar-refractivity contribution in [1.82, 2.24) is 0 Å². The molecule has 0 amide bonds. The normalized spacial score (nSPS) is 9.67. The molecule has 0 aliphatic carbocycles. The molecule has 1 aromatic rings. The van der Waals surface area contributed by atoms with E-state index in [2.05, 4.69) is 6.58 Å². The Kier molecular flexibility index (Phi) is 4.18. The highest BCUT2D eigenvalue weighted by Crippen LogP contribution is 2.22. The highest BCUT2D eigenvalue weighted by atomic mass is 35.5. The lowest BCUT2D eigenvalue weighted by atomic mass is 10.2. The Morgan fingerprint density at radius 2 is 2.27 bits per heavy atom. The highest BCUT2D eigenvalue weighted by Gasteiger charge is 2.06. The van der Waals surface area contributed by atoms with Gasteiger partial charge in [-0.2, -0.15) is 0 Å². The summed E-state index contributed by atoms with van der Waals surface area (Å²) >= 11 is 5.29. The molecule has 15 heavy (non-hydrogen) atoms. The molecule has 80 valence electrons. The van der Waals surface area contributed by atoms with Crippen molar-refractivity contribution in [3.8, 4) is 11.5 Å². The number of ether oxygens (including phenoxy) is 1. The van der Waals surface area contributed by atoms with Crippen LogP contribution in [0.25, 0.3) is 0 Å². The summed E-state index contributed by atoms with van der Waals surface area (Å²) in [5, 5.41) is 8.66. The van der Waals surface area contributed by atoms with E-state index in [0.29, 0.717) is 18.8 Å². The summed E-state index contributed by atoms with van der Waals surface area (Å²) in [6.45, 7) is 4.00. The number of phenolic OH excluding ortho intramolecular Hbond substituents is 1. The molecule has 0 aliphatic rings. The summed E-state index contributed by atoms with van der Waals surface area (Å²) in [7, 11) is 0. The highest BCUT2D eigenvalue weighted by molar-refractivity contribution is 6.67. The van der Waals surface area contributed by atoms with Gasteiger partial charge in [-0.25, -0.2) is 0 Å². The van der Waals surface area contributed by atoms with Crippen LogP contribution in [-0.2, 0) is 0 Å². The summed E-state index contributed by atoms with van der Waals surface area (Å²) < 4.78 is 5.28. The molecule has 3 nitrogen and oxygen atoms in total. The lowest BCUT2D eigenvalue weighted by Gasteiger charge is -2.06. The first-order valence-corrected chi connectivity index (χ1v) is 4.79. The van der Waals surface area contributed by atoms with Gasteiger partial charge < -0.3 is 9.84 Å². The van der Waals surface area contributed by atoms with Gasteiger partial charge in [0.25, 0.3) is 5.24 Å². The third-order valence-corrected chi connectivity index (χ3v) is 1.93. The van der Waals surface area contributed by atoms with E-state index in [0.717, 1.165) is 0 Å². The maximum atomic E-state index is 10.9. The van der Waals surface area contributed by atoms with E-state index in [4.69, 9.17) is 16.3 Å². The average molecular weight is 227 g/mol. The molecule has 0 unspecified atom stereocenters. The van der Waals surface area contributed by atoms with Crippen molar-refractivity contribution in [1.29, 1.82) is 0 Å². The van der Waals surface area contributed by atoms with Crippen LogP contribution in [0, 0.1) is 0 Å². The van der Waals surface area contributed by atoms with Crippen molar-refractivity contribution in [2.75, 3.05) is 6.61 Å². The molecule has 0 saturated heterocycles. The first kappa shape index (κ1) is 11.6. The zero-order valence-corrected chi connectivity index (χ0v) is 8.83.